The molecule has 102 valence electrons. The minimum atomic E-state index is -1.09. The van der Waals surface area contributed by atoms with E-state index in [1.54, 1.807) is 0 Å². The number of carbonyl (C=O) groups excluding carboxylic acids is 1. The molecule has 0 aliphatic carbocycles. The van der Waals surface area contributed by atoms with E-state index in [9.17, 15) is 19.7 Å². The van der Waals surface area contributed by atoms with Gasteiger partial charge in [0.25, 0.3) is 5.69 Å². The molecule has 0 heterocycles. The zero-order chi connectivity index (χ0) is 14.4. The van der Waals surface area contributed by atoms with Crippen LogP contribution in [0.25, 0.3) is 0 Å². The molecule has 1 atom stereocenters. The molecule has 1 aromatic carbocycles. The van der Waals surface area contributed by atoms with E-state index < -0.39 is 16.9 Å². The molecule has 1 aromatic rings. The molecule has 8 heteroatoms. The van der Waals surface area contributed by atoms with Crippen molar-refractivity contribution in [1.82, 2.24) is 5.32 Å². The predicted octanol–water partition coefficient (Wildman–Crippen LogP) is 0.750. The summed E-state index contributed by atoms with van der Waals surface area (Å²) in [5.74, 6) is -1.38. The van der Waals surface area contributed by atoms with Crippen LogP contribution in [0.15, 0.2) is 24.3 Å². The second-order valence-corrected chi connectivity index (χ2v) is 4.05. The lowest BCUT2D eigenvalue weighted by molar-refractivity contribution is -0.384. The van der Waals surface area contributed by atoms with Gasteiger partial charge >= 0.3 is 5.97 Å². The Hall–Kier alpha value is -1.93. The number of thiol groups is 1. The Morgan fingerprint density at radius 3 is 2.37 bits per heavy atom. The van der Waals surface area contributed by atoms with Gasteiger partial charge in [0.05, 0.1) is 11.5 Å². The van der Waals surface area contributed by atoms with Gasteiger partial charge < -0.3 is 5.11 Å². The van der Waals surface area contributed by atoms with Crippen molar-refractivity contribution in [3.05, 3.63) is 39.9 Å². The number of benzene rings is 1. The maximum atomic E-state index is 11.7. The summed E-state index contributed by atoms with van der Waals surface area (Å²) >= 11 is 3.85. The maximum absolute atomic E-state index is 11.7. The molecule has 0 aliphatic heterocycles. The first-order valence-corrected chi connectivity index (χ1v) is 5.93. The number of carboxylic acid groups (broad SMARTS) is 1. The molecule has 0 radical (unpaired) electrons. The summed E-state index contributed by atoms with van der Waals surface area (Å²) in [6, 6.07) is 4.20. The molecule has 0 saturated carbocycles. The van der Waals surface area contributed by atoms with E-state index in [2.05, 4.69) is 17.9 Å². The van der Waals surface area contributed by atoms with E-state index in [1.807, 2.05) is 0 Å². The van der Waals surface area contributed by atoms with Crippen LogP contribution in [-0.4, -0.2) is 40.1 Å². The van der Waals surface area contributed by atoms with Gasteiger partial charge in [-0.2, -0.15) is 12.6 Å². The third-order valence-electron chi connectivity index (χ3n) is 2.39. The van der Waals surface area contributed by atoms with Gasteiger partial charge in [-0.1, -0.05) is 0 Å². The van der Waals surface area contributed by atoms with Gasteiger partial charge in [-0.15, -0.1) is 0 Å². The predicted molar refractivity (Wildman–Crippen MR) is 70.7 cm³/mol. The molecule has 0 saturated heterocycles. The van der Waals surface area contributed by atoms with Crippen molar-refractivity contribution in [2.45, 2.75) is 6.04 Å². The third-order valence-corrected chi connectivity index (χ3v) is 2.75. The Kier molecular flexibility index (Phi) is 5.46. The van der Waals surface area contributed by atoms with Gasteiger partial charge in [-0.05, 0) is 12.1 Å². The van der Waals surface area contributed by atoms with Crippen molar-refractivity contribution < 1.29 is 19.6 Å². The summed E-state index contributed by atoms with van der Waals surface area (Å²) in [5, 5.41) is 21.7. The van der Waals surface area contributed by atoms with Crippen molar-refractivity contribution in [1.29, 1.82) is 0 Å². The number of nitro groups is 1. The van der Waals surface area contributed by atoms with Crippen molar-refractivity contribution in [3.8, 4) is 0 Å². The molecule has 0 spiro atoms. The van der Waals surface area contributed by atoms with Crippen LogP contribution >= 0.6 is 12.6 Å². The van der Waals surface area contributed by atoms with Crippen molar-refractivity contribution in [3.63, 3.8) is 0 Å². The lowest BCUT2D eigenvalue weighted by Crippen LogP contribution is -2.41. The SMILES string of the molecule is O=C(CNC(CS)C(=O)O)c1ccc([N+](=O)[O-])cc1. The first-order valence-electron chi connectivity index (χ1n) is 5.30. The highest BCUT2D eigenvalue weighted by Gasteiger charge is 2.17. The first-order chi connectivity index (χ1) is 8.95. The summed E-state index contributed by atoms with van der Waals surface area (Å²) in [4.78, 5) is 32.3. The summed E-state index contributed by atoms with van der Waals surface area (Å²) in [6.07, 6.45) is 0. The van der Waals surface area contributed by atoms with Crippen LogP contribution in [0.1, 0.15) is 10.4 Å². The number of hydrogen-bond acceptors (Lipinski definition) is 6. The summed E-state index contributed by atoms with van der Waals surface area (Å²) in [7, 11) is 0. The Labute approximate surface area is 114 Å². The zero-order valence-electron chi connectivity index (χ0n) is 9.78. The quantitative estimate of drug-likeness (QED) is 0.295. The van der Waals surface area contributed by atoms with Crippen LogP contribution in [-0.2, 0) is 4.79 Å². The van der Waals surface area contributed by atoms with Gasteiger partial charge in [0.1, 0.15) is 6.04 Å². The highest BCUT2D eigenvalue weighted by molar-refractivity contribution is 7.80. The second-order valence-electron chi connectivity index (χ2n) is 3.68. The van der Waals surface area contributed by atoms with Crippen LogP contribution in [0, 0.1) is 10.1 Å². The highest BCUT2D eigenvalue weighted by atomic mass is 32.1. The van der Waals surface area contributed by atoms with Gasteiger partial charge in [-0.25, -0.2) is 0 Å². The van der Waals surface area contributed by atoms with E-state index >= 15 is 0 Å². The summed E-state index contributed by atoms with van der Waals surface area (Å²) in [5.41, 5.74) is 0.171. The number of hydrogen-bond donors (Lipinski definition) is 3. The average molecular weight is 284 g/mol. The molecule has 0 amide bonds. The fourth-order valence-corrected chi connectivity index (χ4v) is 1.60. The standard InChI is InChI=1S/C11H12N2O5S/c14-10(5-12-9(6-19)11(15)16)7-1-3-8(4-2-7)13(17)18/h1-4,9,12,19H,5-6H2,(H,15,16). The monoisotopic (exact) mass is 284 g/mol. The van der Waals surface area contributed by atoms with Crippen LogP contribution in [0.2, 0.25) is 0 Å². The number of nitrogens with zero attached hydrogens (tertiary/aromatic N) is 1. The molecule has 0 aliphatic rings. The molecule has 1 rings (SSSR count). The highest BCUT2D eigenvalue weighted by Crippen LogP contribution is 2.12. The number of ketones is 1. The number of Topliss-reactive ketones (excluding diaryl/α,β-unsaturated/α-hetero) is 1. The number of aliphatic carboxylic acids is 1. The fraction of sp³-hybridized carbons (Fsp3) is 0.273. The smallest absolute Gasteiger partial charge is 0.321 e. The molecule has 0 fully saturated rings. The maximum Gasteiger partial charge on any atom is 0.321 e. The number of carboxylic acids is 1. The number of non-ortho nitro benzene ring substituents is 1. The minimum Gasteiger partial charge on any atom is -0.480 e. The molecule has 7 nitrogen and oxygen atoms in total. The molecule has 19 heavy (non-hydrogen) atoms. The number of carbonyl (C=O) groups is 2. The number of nitrogens with one attached hydrogen (secondary N) is 1. The van der Waals surface area contributed by atoms with Crippen LogP contribution in [0.5, 0.6) is 0 Å². The largest absolute Gasteiger partial charge is 0.480 e. The molecule has 0 aromatic heterocycles. The van der Waals surface area contributed by atoms with Gasteiger partial charge in [0.15, 0.2) is 5.78 Å². The summed E-state index contributed by atoms with van der Waals surface area (Å²) in [6.45, 7) is -0.171. The summed E-state index contributed by atoms with van der Waals surface area (Å²) < 4.78 is 0. The first kappa shape index (κ1) is 15.1. The molecule has 0 bridgehead atoms. The fourth-order valence-electron chi connectivity index (χ4n) is 1.32. The minimum absolute atomic E-state index is 0.0584. The Morgan fingerprint density at radius 2 is 1.95 bits per heavy atom. The van der Waals surface area contributed by atoms with E-state index in [-0.39, 0.29) is 29.3 Å². The third kappa shape index (κ3) is 4.34. The van der Waals surface area contributed by atoms with Crippen molar-refractivity contribution >= 4 is 30.1 Å². The lowest BCUT2D eigenvalue weighted by atomic mass is 10.1. The van der Waals surface area contributed by atoms with E-state index in [0.29, 0.717) is 0 Å². The van der Waals surface area contributed by atoms with Gasteiger partial charge in [0, 0.05) is 23.4 Å². The van der Waals surface area contributed by atoms with Crippen molar-refractivity contribution in [2.24, 2.45) is 0 Å². The Bertz CT molecular complexity index is 488. The molecule has 1 unspecified atom stereocenters. The van der Waals surface area contributed by atoms with Crippen LogP contribution in [0.4, 0.5) is 5.69 Å². The normalized spacial score (nSPS) is 11.8. The van der Waals surface area contributed by atoms with E-state index in [4.69, 9.17) is 5.11 Å². The Balaban J connectivity index is 2.63. The number of nitro benzene ring substituents is 1. The van der Waals surface area contributed by atoms with E-state index in [1.165, 1.54) is 24.3 Å². The lowest BCUT2D eigenvalue weighted by Gasteiger charge is -2.10. The van der Waals surface area contributed by atoms with Crippen LogP contribution < -0.4 is 5.32 Å². The van der Waals surface area contributed by atoms with Crippen molar-refractivity contribution in [2.75, 3.05) is 12.3 Å². The van der Waals surface area contributed by atoms with E-state index in [0.717, 1.165) is 0 Å². The molecular formula is C11H12N2O5S. The molecular weight excluding hydrogens is 272 g/mol. The average Bonchev–Trinajstić information content (AvgIpc) is 2.38. The molecule has 2 N–H and O–H groups in total. The van der Waals surface area contributed by atoms with Gasteiger partial charge in [-0.3, -0.25) is 25.0 Å². The number of rotatable bonds is 7. The Morgan fingerprint density at radius 1 is 1.37 bits per heavy atom. The zero-order valence-corrected chi connectivity index (χ0v) is 10.7. The second kappa shape index (κ2) is 6.86. The topological polar surface area (TPSA) is 110 Å². The van der Waals surface area contributed by atoms with Crippen LogP contribution in [0.3, 0.4) is 0 Å². The van der Waals surface area contributed by atoms with Gasteiger partial charge in [0.2, 0.25) is 0 Å².